The predicted molar refractivity (Wildman–Crippen MR) is 64.5 cm³/mol. The molecule has 0 radical (unpaired) electrons. The zero-order chi connectivity index (χ0) is 9.94. The van der Waals surface area contributed by atoms with E-state index in [1.54, 1.807) is 0 Å². The summed E-state index contributed by atoms with van der Waals surface area (Å²) in [7, 11) is 0. The second kappa shape index (κ2) is 9.79. The summed E-state index contributed by atoms with van der Waals surface area (Å²) in [4.78, 5) is 0. The molecule has 1 aromatic carbocycles. The van der Waals surface area contributed by atoms with E-state index in [9.17, 15) is 0 Å². The van der Waals surface area contributed by atoms with Crippen molar-refractivity contribution < 1.29 is 0 Å². The van der Waals surface area contributed by atoms with Crippen molar-refractivity contribution >= 4 is 15.9 Å². The second-order valence-electron chi connectivity index (χ2n) is 2.92. The monoisotopic (exact) mass is 242 g/mol. The number of hydrogen-bond acceptors (Lipinski definition) is 0. The van der Waals surface area contributed by atoms with E-state index < -0.39 is 0 Å². The zero-order valence-corrected chi connectivity index (χ0v) is 10.2. The summed E-state index contributed by atoms with van der Waals surface area (Å²) in [5, 5.41) is 1.13. The average molecular weight is 243 g/mol. The van der Waals surface area contributed by atoms with E-state index in [0.717, 1.165) is 5.33 Å². The Bertz CT molecular complexity index is 180. The van der Waals surface area contributed by atoms with E-state index in [2.05, 4.69) is 60.1 Å². The van der Waals surface area contributed by atoms with Gasteiger partial charge in [-0.3, -0.25) is 0 Å². The molecule has 0 unspecified atom stereocenters. The van der Waals surface area contributed by atoms with Crippen molar-refractivity contribution in [2.24, 2.45) is 0 Å². The lowest BCUT2D eigenvalue weighted by molar-refractivity contribution is 0.922. The van der Waals surface area contributed by atoms with Gasteiger partial charge < -0.3 is 0 Å². The van der Waals surface area contributed by atoms with Gasteiger partial charge in [-0.05, 0) is 18.4 Å². The van der Waals surface area contributed by atoms with Gasteiger partial charge in [0, 0.05) is 5.33 Å². The summed E-state index contributed by atoms with van der Waals surface area (Å²) in [5.74, 6) is 0. The first-order chi connectivity index (χ1) is 6.35. The lowest BCUT2D eigenvalue weighted by Crippen LogP contribution is -1.78. The largest absolute Gasteiger partial charge is 0.0928 e. The van der Waals surface area contributed by atoms with Crippen LogP contribution in [-0.4, -0.2) is 5.33 Å². The number of hydrogen-bond donors (Lipinski definition) is 0. The Morgan fingerprint density at radius 3 is 1.92 bits per heavy atom. The van der Waals surface area contributed by atoms with Crippen molar-refractivity contribution in [2.75, 3.05) is 5.33 Å². The summed E-state index contributed by atoms with van der Waals surface area (Å²) >= 11 is 3.25. The van der Waals surface area contributed by atoms with Gasteiger partial charge >= 0.3 is 0 Å². The fourth-order valence-electron chi connectivity index (χ4n) is 0.933. The van der Waals surface area contributed by atoms with E-state index in [4.69, 9.17) is 0 Å². The Kier molecular flexibility index (Phi) is 9.56. The lowest BCUT2D eigenvalue weighted by atomic mass is 10.1. The molecule has 0 N–H and O–H groups in total. The molecule has 1 aromatic rings. The van der Waals surface area contributed by atoms with Gasteiger partial charge in [0.05, 0.1) is 0 Å². The minimum atomic E-state index is 1.13. The van der Waals surface area contributed by atoms with E-state index in [1.165, 1.54) is 24.8 Å². The van der Waals surface area contributed by atoms with Crippen LogP contribution >= 0.6 is 15.9 Å². The van der Waals surface area contributed by atoms with Crippen molar-refractivity contribution in [1.82, 2.24) is 0 Å². The fourth-order valence-corrected chi connectivity index (χ4v) is 0.933. The molecule has 74 valence electrons. The van der Waals surface area contributed by atoms with Crippen molar-refractivity contribution in [3.8, 4) is 0 Å². The highest BCUT2D eigenvalue weighted by molar-refractivity contribution is 9.09. The van der Waals surface area contributed by atoms with Crippen LogP contribution in [0.4, 0.5) is 0 Å². The minimum Gasteiger partial charge on any atom is -0.0928 e. The molecule has 0 aliphatic rings. The Balaban J connectivity index is 0.000000310. The molecule has 0 saturated heterocycles. The first-order valence-corrected chi connectivity index (χ1v) is 6.07. The molecule has 0 fully saturated rings. The Morgan fingerprint density at radius 1 is 1.00 bits per heavy atom. The molecule has 13 heavy (non-hydrogen) atoms. The highest BCUT2D eigenvalue weighted by Crippen LogP contribution is 2.00. The molecule has 0 aliphatic carbocycles. The number of alkyl halides is 1. The smallest absolute Gasteiger partial charge is 0.00286 e. The van der Waals surface area contributed by atoms with Crippen LogP contribution in [0.1, 0.15) is 32.3 Å². The number of benzene rings is 1. The SMILES string of the molecule is CCCBr.CCCc1ccccc1. The molecule has 0 amide bonds. The maximum Gasteiger partial charge on any atom is 0.00286 e. The zero-order valence-electron chi connectivity index (χ0n) is 8.59. The molecule has 0 aliphatic heterocycles. The van der Waals surface area contributed by atoms with Crippen LogP contribution in [0.3, 0.4) is 0 Å². The summed E-state index contributed by atoms with van der Waals surface area (Å²) in [6, 6.07) is 10.6. The van der Waals surface area contributed by atoms with Crippen molar-refractivity contribution in [3.63, 3.8) is 0 Å². The standard InChI is InChI=1S/C9H12.C3H7Br/c1-2-6-9-7-4-3-5-8-9;1-2-3-4/h3-5,7-8H,2,6H2,1H3;2-3H2,1H3. The summed E-state index contributed by atoms with van der Waals surface area (Å²) in [5.41, 5.74) is 1.44. The van der Waals surface area contributed by atoms with Crippen LogP contribution in [0, 0.1) is 0 Å². The van der Waals surface area contributed by atoms with Gasteiger partial charge in [-0.1, -0.05) is 66.5 Å². The lowest BCUT2D eigenvalue weighted by Gasteiger charge is -1.93. The molecule has 1 rings (SSSR count). The molecule has 0 bridgehead atoms. The quantitative estimate of drug-likeness (QED) is 0.689. The first-order valence-electron chi connectivity index (χ1n) is 4.95. The summed E-state index contributed by atoms with van der Waals surface area (Å²) in [6.07, 6.45) is 3.69. The molecule has 0 spiro atoms. The van der Waals surface area contributed by atoms with E-state index in [-0.39, 0.29) is 0 Å². The Hall–Kier alpha value is -0.300. The van der Waals surface area contributed by atoms with Crippen LogP contribution in [0.2, 0.25) is 0 Å². The maximum atomic E-state index is 3.25. The van der Waals surface area contributed by atoms with E-state index in [1.807, 2.05) is 0 Å². The van der Waals surface area contributed by atoms with Gasteiger partial charge in [-0.15, -0.1) is 0 Å². The van der Waals surface area contributed by atoms with Gasteiger partial charge in [-0.2, -0.15) is 0 Å². The van der Waals surface area contributed by atoms with E-state index in [0.29, 0.717) is 0 Å². The molecule has 0 heterocycles. The highest BCUT2D eigenvalue weighted by Gasteiger charge is 1.84. The van der Waals surface area contributed by atoms with Crippen LogP contribution in [0.5, 0.6) is 0 Å². The third-order valence-corrected chi connectivity index (χ3v) is 2.36. The molecule has 0 saturated carbocycles. The van der Waals surface area contributed by atoms with Gasteiger partial charge in [-0.25, -0.2) is 0 Å². The van der Waals surface area contributed by atoms with Crippen molar-refractivity contribution in [2.45, 2.75) is 33.1 Å². The molecule has 1 heteroatoms. The normalized spacial score (nSPS) is 8.85. The van der Waals surface area contributed by atoms with Crippen molar-refractivity contribution in [1.29, 1.82) is 0 Å². The fraction of sp³-hybridized carbons (Fsp3) is 0.500. The first kappa shape index (κ1) is 12.7. The molecule has 0 atom stereocenters. The van der Waals surface area contributed by atoms with Gasteiger partial charge in [0.25, 0.3) is 0 Å². The predicted octanol–water partition coefficient (Wildman–Crippen LogP) is 4.43. The third kappa shape index (κ3) is 8.04. The minimum absolute atomic E-state index is 1.13. The molecule has 0 nitrogen and oxygen atoms in total. The number of aryl methyl sites for hydroxylation is 1. The van der Waals surface area contributed by atoms with Crippen LogP contribution in [-0.2, 0) is 6.42 Å². The Morgan fingerprint density at radius 2 is 1.54 bits per heavy atom. The van der Waals surface area contributed by atoms with Crippen LogP contribution in [0.25, 0.3) is 0 Å². The van der Waals surface area contributed by atoms with Crippen molar-refractivity contribution in [3.05, 3.63) is 35.9 Å². The highest BCUT2D eigenvalue weighted by atomic mass is 79.9. The average Bonchev–Trinajstić information content (AvgIpc) is 2.20. The topological polar surface area (TPSA) is 0 Å². The third-order valence-electron chi connectivity index (χ3n) is 1.57. The van der Waals surface area contributed by atoms with Gasteiger partial charge in [0.2, 0.25) is 0 Å². The summed E-state index contributed by atoms with van der Waals surface area (Å²) in [6.45, 7) is 4.34. The van der Waals surface area contributed by atoms with Gasteiger partial charge in [0.1, 0.15) is 0 Å². The number of halogens is 1. The molecule has 0 aromatic heterocycles. The van der Waals surface area contributed by atoms with Gasteiger partial charge in [0.15, 0.2) is 0 Å². The molecular weight excluding hydrogens is 224 g/mol. The maximum absolute atomic E-state index is 3.25. The second-order valence-corrected chi connectivity index (χ2v) is 3.72. The van der Waals surface area contributed by atoms with Crippen LogP contribution < -0.4 is 0 Å². The molecular formula is C12H19Br. The number of rotatable bonds is 3. The Labute approximate surface area is 90.5 Å². The summed E-state index contributed by atoms with van der Waals surface area (Å²) < 4.78 is 0. The van der Waals surface area contributed by atoms with E-state index >= 15 is 0 Å². The van der Waals surface area contributed by atoms with Crippen LogP contribution in [0.15, 0.2) is 30.3 Å².